The van der Waals surface area contributed by atoms with Crippen molar-refractivity contribution in [1.82, 2.24) is 5.16 Å². The Bertz CT molecular complexity index is 630. The molecule has 1 heterocycles. The number of aromatic amines is 1. The summed E-state index contributed by atoms with van der Waals surface area (Å²) in [5, 5.41) is 2.28. The summed E-state index contributed by atoms with van der Waals surface area (Å²) in [7, 11) is -3.94. The van der Waals surface area contributed by atoms with E-state index in [1.165, 1.54) is 6.92 Å². The normalized spacial score (nSPS) is 14.1. The fourth-order valence-electron chi connectivity index (χ4n) is 1.46. The maximum Gasteiger partial charge on any atom is 0.400 e. The van der Waals surface area contributed by atoms with E-state index in [1.54, 1.807) is 30.3 Å². The molecule has 0 amide bonds. The van der Waals surface area contributed by atoms with E-state index in [-0.39, 0.29) is 17.6 Å². The molecule has 7 heteroatoms. The van der Waals surface area contributed by atoms with Gasteiger partial charge in [-0.05, 0) is 12.5 Å². The molecule has 0 saturated carbocycles. The minimum atomic E-state index is -3.94. The highest BCUT2D eigenvalue weighted by molar-refractivity contribution is 7.52. The quantitative estimate of drug-likeness (QED) is 0.828. The first-order chi connectivity index (χ1) is 8.48. The van der Waals surface area contributed by atoms with Crippen LogP contribution in [0.3, 0.4) is 0 Å². The van der Waals surface area contributed by atoms with Crippen LogP contribution in [0.25, 0.3) is 0 Å². The van der Waals surface area contributed by atoms with Crippen LogP contribution in [0.2, 0.25) is 0 Å². The summed E-state index contributed by atoms with van der Waals surface area (Å²) >= 11 is 0. The highest BCUT2D eigenvalue weighted by atomic mass is 31.2. The van der Waals surface area contributed by atoms with Crippen molar-refractivity contribution in [1.29, 1.82) is 0 Å². The third-order valence-electron chi connectivity index (χ3n) is 2.28. The van der Waals surface area contributed by atoms with E-state index in [0.717, 1.165) is 0 Å². The molecule has 1 atom stereocenters. The van der Waals surface area contributed by atoms with Crippen molar-refractivity contribution in [2.45, 2.75) is 13.1 Å². The molecule has 2 N–H and O–H groups in total. The van der Waals surface area contributed by atoms with Gasteiger partial charge in [0, 0.05) is 0 Å². The Morgan fingerprint density at radius 1 is 1.39 bits per heavy atom. The summed E-state index contributed by atoms with van der Waals surface area (Å²) in [5.41, 5.74) is 0.137. The molecule has 1 unspecified atom stereocenters. The Morgan fingerprint density at radius 2 is 2.06 bits per heavy atom. The van der Waals surface area contributed by atoms with Crippen LogP contribution in [0, 0.1) is 6.92 Å². The first kappa shape index (κ1) is 12.7. The average molecular weight is 269 g/mol. The molecule has 2 aromatic rings. The predicted octanol–water partition coefficient (Wildman–Crippen LogP) is 2.04. The molecule has 1 aromatic carbocycles. The van der Waals surface area contributed by atoms with Crippen LogP contribution in [0.1, 0.15) is 11.3 Å². The Balaban J connectivity index is 2.18. The second-order valence-corrected chi connectivity index (χ2v) is 5.59. The summed E-state index contributed by atoms with van der Waals surface area (Å²) in [6.45, 7) is 1.52. The van der Waals surface area contributed by atoms with E-state index in [9.17, 15) is 14.3 Å². The van der Waals surface area contributed by atoms with Gasteiger partial charge in [0.15, 0.2) is 0 Å². The molecule has 0 fully saturated rings. The van der Waals surface area contributed by atoms with E-state index in [0.29, 0.717) is 5.56 Å². The molecule has 6 nitrogen and oxygen atoms in total. The molecule has 0 saturated heterocycles. The van der Waals surface area contributed by atoms with Gasteiger partial charge in [0.05, 0.1) is 11.9 Å². The van der Waals surface area contributed by atoms with Crippen LogP contribution in [-0.2, 0) is 10.7 Å². The van der Waals surface area contributed by atoms with Gasteiger partial charge in [0.2, 0.25) is 5.75 Å². The van der Waals surface area contributed by atoms with Gasteiger partial charge in [-0.2, -0.15) is 0 Å². The number of hydrogen-bond acceptors (Lipinski definition) is 4. The van der Waals surface area contributed by atoms with Crippen molar-refractivity contribution < 1.29 is 18.5 Å². The smallest absolute Gasteiger partial charge is 0.400 e. The first-order valence-electron chi connectivity index (χ1n) is 5.21. The van der Waals surface area contributed by atoms with Gasteiger partial charge in [-0.15, -0.1) is 0 Å². The van der Waals surface area contributed by atoms with Crippen LogP contribution < -0.4 is 10.1 Å². The molecule has 96 valence electrons. The minimum absolute atomic E-state index is 0.169. The van der Waals surface area contributed by atoms with E-state index < -0.39 is 13.2 Å². The number of H-pyrrole nitrogens is 1. The summed E-state index contributed by atoms with van der Waals surface area (Å²) in [4.78, 5) is 20.9. The van der Waals surface area contributed by atoms with Crippen LogP contribution in [-0.4, -0.2) is 10.1 Å². The van der Waals surface area contributed by atoms with Gasteiger partial charge in [-0.25, -0.2) is 14.5 Å². The van der Waals surface area contributed by atoms with Crippen molar-refractivity contribution in [3.8, 4) is 5.75 Å². The summed E-state index contributed by atoms with van der Waals surface area (Å²) in [6.07, 6.45) is -0.169. The third kappa shape index (κ3) is 2.91. The lowest BCUT2D eigenvalue weighted by Crippen LogP contribution is -2.03. The Morgan fingerprint density at radius 3 is 2.61 bits per heavy atom. The zero-order valence-electron chi connectivity index (χ0n) is 9.62. The molecule has 0 aliphatic carbocycles. The van der Waals surface area contributed by atoms with E-state index in [1.807, 2.05) is 0 Å². The van der Waals surface area contributed by atoms with Gasteiger partial charge in [0.25, 0.3) is 0 Å². The molecule has 0 aliphatic rings. The monoisotopic (exact) mass is 269 g/mol. The number of aromatic nitrogens is 1. The molecular weight excluding hydrogens is 257 g/mol. The Kier molecular flexibility index (Phi) is 3.41. The highest BCUT2D eigenvalue weighted by Gasteiger charge is 2.25. The van der Waals surface area contributed by atoms with Crippen LogP contribution in [0.15, 0.2) is 39.6 Å². The minimum Gasteiger partial charge on any atom is -0.414 e. The number of rotatable bonds is 4. The van der Waals surface area contributed by atoms with E-state index >= 15 is 0 Å². The molecule has 0 spiro atoms. The lowest BCUT2D eigenvalue weighted by atomic mass is 10.2. The van der Waals surface area contributed by atoms with Gasteiger partial charge in [-0.1, -0.05) is 30.3 Å². The van der Waals surface area contributed by atoms with E-state index in [2.05, 4.69) is 9.68 Å². The van der Waals surface area contributed by atoms with Crippen LogP contribution >= 0.6 is 7.60 Å². The third-order valence-corrected chi connectivity index (χ3v) is 3.51. The lowest BCUT2D eigenvalue weighted by Gasteiger charge is -2.11. The highest BCUT2D eigenvalue weighted by Crippen LogP contribution is 2.45. The van der Waals surface area contributed by atoms with Gasteiger partial charge in [0.1, 0.15) is 0 Å². The van der Waals surface area contributed by atoms with Crippen LogP contribution in [0.5, 0.6) is 5.75 Å². The first-order valence-corrected chi connectivity index (χ1v) is 6.97. The molecule has 0 bridgehead atoms. The average Bonchev–Trinajstić information content (AvgIpc) is 2.61. The largest absolute Gasteiger partial charge is 0.414 e. The maximum atomic E-state index is 11.9. The number of nitrogens with one attached hydrogen (secondary N) is 1. The van der Waals surface area contributed by atoms with Gasteiger partial charge < -0.3 is 13.9 Å². The SMILES string of the molecule is Cc1[nH]oc(=O)c1OP(=O)(O)Cc1ccccc1. The Hall–Kier alpha value is -1.78. The zero-order valence-corrected chi connectivity index (χ0v) is 10.5. The number of aryl methyl sites for hydroxylation is 1. The number of benzene rings is 1. The molecule has 2 rings (SSSR count). The summed E-state index contributed by atoms with van der Waals surface area (Å²) in [6, 6.07) is 8.73. The zero-order chi connectivity index (χ0) is 13.2. The van der Waals surface area contributed by atoms with E-state index in [4.69, 9.17) is 4.52 Å². The topological polar surface area (TPSA) is 92.5 Å². The summed E-state index contributed by atoms with van der Waals surface area (Å²) in [5.74, 6) is -0.253. The molecular formula is C11H12NO5P. The van der Waals surface area contributed by atoms with Crippen molar-refractivity contribution in [2.24, 2.45) is 0 Å². The standard InChI is InChI=1S/C11H12NO5P/c1-8-10(11(13)16-12-8)17-18(14,15)7-9-5-3-2-4-6-9/h2-6,12H,7H2,1H3,(H,14,15). The summed E-state index contributed by atoms with van der Waals surface area (Å²) < 4.78 is 21.2. The number of hydrogen-bond donors (Lipinski definition) is 2. The van der Waals surface area contributed by atoms with Crippen molar-refractivity contribution in [3.05, 3.63) is 52.0 Å². The molecule has 0 radical (unpaired) electrons. The molecule has 18 heavy (non-hydrogen) atoms. The fraction of sp³-hybridized carbons (Fsp3) is 0.182. The molecule has 0 aliphatic heterocycles. The maximum absolute atomic E-state index is 11.9. The van der Waals surface area contributed by atoms with Crippen molar-refractivity contribution >= 4 is 7.60 Å². The molecule has 1 aromatic heterocycles. The van der Waals surface area contributed by atoms with Crippen molar-refractivity contribution in [3.63, 3.8) is 0 Å². The lowest BCUT2D eigenvalue weighted by molar-refractivity contribution is 0.361. The second kappa shape index (κ2) is 4.84. The Labute approximate surface area is 103 Å². The van der Waals surface area contributed by atoms with Gasteiger partial charge in [-0.3, -0.25) is 0 Å². The van der Waals surface area contributed by atoms with Crippen LogP contribution in [0.4, 0.5) is 0 Å². The fourth-order valence-corrected chi connectivity index (χ4v) is 2.70. The van der Waals surface area contributed by atoms with Crippen molar-refractivity contribution in [2.75, 3.05) is 0 Å². The second-order valence-electron chi connectivity index (χ2n) is 3.82. The van der Waals surface area contributed by atoms with Gasteiger partial charge >= 0.3 is 13.2 Å². The predicted molar refractivity (Wildman–Crippen MR) is 64.7 cm³/mol.